The van der Waals surface area contributed by atoms with Gasteiger partial charge in [0.25, 0.3) is 0 Å². The molecule has 1 aromatic rings. The quantitative estimate of drug-likeness (QED) is 0.813. The molecule has 0 amide bonds. The summed E-state index contributed by atoms with van der Waals surface area (Å²) in [6.07, 6.45) is -4.63. The molecule has 1 atom stereocenters. The lowest BCUT2D eigenvalue weighted by atomic mass is 10.1. The number of rotatable bonds is 5. The molecule has 19 heavy (non-hydrogen) atoms. The van der Waals surface area contributed by atoms with Gasteiger partial charge in [-0.25, -0.2) is 9.18 Å². The molecule has 1 rings (SSSR count). The number of hydrogen-bond donors (Lipinski definition) is 2. The Morgan fingerprint density at radius 1 is 1.47 bits per heavy atom. The number of benzene rings is 1. The lowest BCUT2D eigenvalue weighted by Gasteiger charge is -2.16. The van der Waals surface area contributed by atoms with Gasteiger partial charge < -0.3 is 15.2 Å². The van der Waals surface area contributed by atoms with Crippen molar-refractivity contribution in [3.05, 3.63) is 29.6 Å². The molecule has 4 nitrogen and oxygen atoms in total. The van der Waals surface area contributed by atoms with E-state index in [1.165, 1.54) is 7.11 Å². The number of carboxylic acid groups (broad SMARTS) is 1. The van der Waals surface area contributed by atoms with Crippen molar-refractivity contribution in [3.8, 4) is 0 Å². The Bertz CT molecular complexity index is 462. The highest BCUT2D eigenvalue weighted by atomic mass is 19.4. The lowest BCUT2D eigenvalue weighted by molar-refractivity contribution is -0.139. The summed E-state index contributed by atoms with van der Waals surface area (Å²) in [6, 6.07) is 0.368. The molecule has 8 heteroatoms. The Kier molecular flexibility index (Phi) is 4.71. The van der Waals surface area contributed by atoms with E-state index in [1.54, 1.807) is 0 Å². The fourth-order valence-corrected chi connectivity index (χ4v) is 1.34. The van der Waals surface area contributed by atoms with Crippen LogP contribution in [0.15, 0.2) is 18.2 Å². The first-order valence-electron chi connectivity index (χ1n) is 5.10. The maximum absolute atomic E-state index is 13.4. The van der Waals surface area contributed by atoms with Crippen LogP contribution in [0.4, 0.5) is 23.2 Å². The number of ether oxygens (including phenoxy) is 1. The number of nitrogens with one attached hydrogen (secondary N) is 1. The first kappa shape index (κ1) is 15.2. The van der Waals surface area contributed by atoms with Gasteiger partial charge in [0.1, 0.15) is 11.9 Å². The number of anilines is 1. The summed E-state index contributed by atoms with van der Waals surface area (Å²) in [5.74, 6) is -2.34. The Morgan fingerprint density at radius 2 is 2.11 bits per heavy atom. The standard InChI is InChI=1S/C11H11F4NO3/c1-19-5-9(10(17)18)16-8-4-6(11(13,14)15)2-3-7(8)12/h2-4,9,16H,5H2,1H3,(H,17,18). The normalized spacial score (nSPS) is 13.1. The number of halogens is 4. The molecule has 0 saturated heterocycles. The minimum absolute atomic E-state index is 0.314. The summed E-state index contributed by atoms with van der Waals surface area (Å²) in [5.41, 5.74) is -1.61. The van der Waals surface area contributed by atoms with E-state index in [1.807, 2.05) is 0 Å². The van der Waals surface area contributed by atoms with Gasteiger partial charge in [-0.3, -0.25) is 0 Å². The molecule has 0 spiro atoms. The van der Waals surface area contributed by atoms with Gasteiger partial charge in [-0.2, -0.15) is 13.2 Å². The monoisotopic (exact) mass is 281 g/mol. The second-order valence-electron chi connectivity index (χ2n) is 3.68. The van der Waals surface area contributed by atoms with Crippen molar-refractivity contribution in [3.63, 3.8) is 0 Å². The SMILES string of the molecule is COCC(Nc1cc(C(F)(F)F)ccc1F)C(=O)O. The highest BCUT2D eigenvalue weighted by Crippen LogP contribution is 2.31. The number of hydrogen-bond acceptors (Lipinski definition) is 3. The van der Waals surface area contributed by atoms with Crippen LogP contribution < -0.4 is 5.32 Å². The van der Waals surface area contributed by atoms with Crippen molar-refractivity contribution in [2.24, 2.45) is 0 Å². The molecule has 0 aromatic heterocycles. The number of carbonyl (C=O) groups is 1. The van der Waals surface area contributed by atoms with E-state index in [9.17, 15) is 22.4 Å². The summed E-state index contributed by atoms with van der Waals surface area (Å²) in [7, 11) is 1.22. The average molecular weight is 281 g/mol. The summed E-state index contributed by atoms with van der Waals surface area (Å²) >= 11 is 0. The minimum atomic E-state index is -4.63. The topological polar surface area (TPSA) is 58.6 Å². The van der Waals surface area contributed by atoms with Crippen LogP contribution in [-0.4, -0.2) is 30.8 Å². The third-order valence-electron chi connectivity index (χ3n) is 2.25. The van der Waals surface area contributed by atoms with Crippen LogP contribution in [0.3, 0.4) is 0 Å². The van der Waals surface area contributed by atoms with Gasteiger partial charge in [-0.1, -0.05) is 0 Å². The molecular weight excluding hydrogens is 270 g/mol. The molecule has 0 fully saturated rings. The molecule has 0 saturated carbocycles. The van der Waals surface area contributed by atoms with Gasteiger partial charge >= 0.3 is 12.1 Å². The average Bonchev–Trinajstić information content (AvgIpc) is 2.29. The van der Waals surface area contributed by atoms with Crippen molar-refractivity contribution in [2.45, 2.75) is 12.2 Å². The van der Waals surface area contributed by atoms with E-state index in [4.69, 9.17) is 5.11 Å². The van der Waals surface area contributed by atoms with Gasteiger partial charge in [0.2, 0.25) is 0 Å². The predicted molar refractivity (Wildman–Crippen MR) is 58.3 cm³/mol. The van der Waals surface area contributed by atoms with Crippen LogP contribution in [0.2, 0.25) is 0 Å². The Labute approximate surface area is 106 Å². The van der Waals surface area contributed by atoms with Crippen molar-refractivity contribution in [1.82, 2.24) is 0 Å². The zero-order chi connectivity index (χ0) is 14.6. The molecule has 0 heterocycles. The molecule has 0 radical (unpaired) electrons. The Hall–Kier alpha value is -1.83. The molecule has 0 aliphatic rings. The van der Waals surface area contributed by atoms with Gasteiger partial charge in [-0.05, 0) is 18.2 Å². The zero-order valence-corrected chi connectivity index (χ0v) is 9.79. The second kappa shape index (κ2) is 5.87. The third kappa shape index (κ3) is 4.09. The van der Waals surface area contributed by atoms with Crippen LogP contribution in [0, 0.1) is 5.82 Å². The Morgan fingerprint density at radius 3 is 2.58 bits per heavy atom. The molecule has 106 valence electrons. The molecule has 1 aromatic carbocycles. The lowest BCUT2D eigenvalue weighted by Crippen LogP contribution is -2.34. The maximum atomic E-state index is 13.4. The molecule has 0 aliphatic carbocycles. The molecule has 0 bridgehead atoms. The van der Waals surface area contributed by atoms with Crippen molar-refractivity contribution in [2.75, 3.05) is 19.0 Å². The highest BCUT2D eigenvalue weighted by Gasteiger charge is 2.31. The first-order valence-corrected chi connectivity index (χ1v) is 5.10. The van der Waals surface area contributed by atoms with E-state index in [2.05, 4.69) is 10.1 Å². The van der Waals surface area contributed by atoms with Crippen molar-refractivity contribution in [1.29, 1.82) is 0 Å². The number of carboxylic acids is 1. The molecular formula is C11H11F4NO3. The van der Waals surface area contributed by atoms with E-state index in [0.29, 0.717) is 18.2 Å². The van der Waals surface area contributed by atoms with E-state index < -0.39 is 35.3 Å². The van der Waals surface area contributed by atoms with E-state index >= 15 is 0 Å². The highest BCUT2D eigenvalue weighted by molar-refractivity contribution is 5.77. The minimum Gasteiger partial charge on any atom is -0.480 e. The van der Waals surface area contributed by atoms with Crippen LogP contribution in [0.5, 0.6) is 0 Å². The van der Waals surface area contributed by atoms with Gasteiger partial charge in [0, 0.05) is 7.11 Å². The maximum Gasteiger partial charge on any atom is 0.416 e. The molecule has 2 N–H and O–H groups in total. The van der Waals surface area contributed by atoms with E-state index in [0.717, 1.165) is 0 Å². The van der Waals surface area contributed by atoms with Gasteiger partial charge in [0.05, 0.1) is 17.9 Å². The summed E-state index contributed by atoms with van der Waals surface area (Å²) in [6.45, 7) is -0.314. The van der Waals surface area contributed by atoms with Gasteiger partial charge in [0.15, 0.2) is 0 Å². The molecule has 1 unspecified atom stereocenters. The molecule has 0 aliphatic heterocycles. The largest absolute Gasteiger partial charge is 0.480 e. The zero-order valence-electron chi connectivity index (χ0n) is 9.79. The number of methoxy groups -OCH3 is 1. The smallest absolute Gasteiger partial charge is 0.416 e. The second-order valence-corrected chi connectivity index (χ2v) is 3.68. The Balaban J connectivity index is 3.02. The van der Waals surface area contributed by atoms with Crippen LogP contribution in [-0.2, 0) is 15.7 Å². The fourth-order valence-electron chi connectivity index (χ4n) is 1.34. The summed E-state index contributed by atoms with van der Waals surface area (Å²) in [4.78, 5) is 10.8. The van der Waals surface area contributed by atoms with Crippen molar-refractivity contribution >= 4 is 11.7 Å². The van der Waals surface area contributed by atoms with Crippen LogP contribution in [0.1, 0.15) is 5.56 Å². The van der Waals surface area contributed by atoms with Crippen molar-refractivity contribution < 1.29 is 32.2 Å². The number of aliphatic carboxylic acids is 1. The summed E-state index contributed by atoms with van der Waals surface area (Å²) in [5, 5.41) is 11.0. The van der Waals surface area contributed by atoms with E-state index in [-0.39, 0.29) is 6.61 Å². The van der Waals surface area contributed by atoms with Crippen LogP contribution in [0.25, 0.3) is 0 Å². The first-order chi connectivity index (χ1) is 8.75. The predicted octanol–water partition coefficient (Wildman–Crippen LogP) is 2.36. The van der Waals surface area contributed by atoms with Gasteiger partial charge in [-0.15, -0.1) is 0 Å². The summed E-state index contributed by atoms with van der Waals surface area (Å²) < 4.78 is 55.3. The van der Waals surface area contributed by atoms with Crippen LogP contribution >= 0.6 is 0 Å². The fraction of sp³-hybridized carbons (Fsp3) is 0.364. The number of alkyl halides is 3. The third-order valence-corrected chi connectivity index (χ3v) is 2.25.